The van der Waals surface area contributed by atoms with Crippen LogP contribution in [0, 0.1) is 5.41 Å². The van der Waals surface area contributed by atoms with Gasteiger partial charge in [0, 0.05) is 6.04 Å². The first-order valence-corrected chi connectivity index (χ1v) is 7.83. The Morgan fingerprint density at radius 2 is 2.05 bits per heavy atom. The average Bonchev–Trinajstić information content (AvgIpc) is 2.94. The van der Waals surface area contributed by atoms with E-state index in [0.717, 1.165) is 11.6 Å². The Balaban J connectivity index is 2.41. The van der Waals surface area contributed by atoms with Gasteiger partial charge in [-0.1, -0.05) is 38.3 Å². The molecule has 1 aliphatic rings. The standard InChI is InChI=1S/C15H26ClN3/c1-5-17-14(15(4)8-6-7-9-15)13-12(16)10-18-19(13)11(2)3/h10-11,14,17H,5-9H2,1-4H3. The normalized spacial score (nSPS) is 20.1. The topological polar surface area (TPSA) is 29.9 Å². The Morgan fingerprint density at radius 3 is 2.58 bits per heavy atom. The molecular formula is C15H26ClN3. The first kappa shape index (κ1) is 14.9. The second-order valence-electron chi connectivity index (χ2n) is 6.27. The summed E-state index contributed by atoms with van der Waals surface area (Å²) in [6, 6.07) is 0.644. The second kappa shape index (κ2) is 5.84. The van der Waals surface area contributed by atoms with Gasteiger partial charge in [-0.15, -0.1) is 0 Å². The molecule has 0 bridgehead atoms. The van der Waals surface area contributed by atoms with E-state index in [-0.39, 0.29) is 0 Å². The lowest BCUT2D eigenvalue weighted by Gasteiger charge is -2.36. The van der Waals surface area contributed by atoms with Gasteiger partial charge in [0.25, 0.3) is 0 Å². The van der Waals surface area contributed by atoms with E-state index in [4.69, 9.17) is 11.6 Å². The van der Waals surface area contributed by atoms with E-state index in [0.29, 0.717) is 17.5 Å². The Hall–Kier alpha value is -0.540. The van der Waals surface area contributed by atoms with Gasteiger partial charge in [0.2, 0.25) is 0 Å². The van der Waals surface area contributed by atoms with Crippen LogP contribution in [0.15, 0.2) is 6.20 Å². The highest BCUT2D eigenvalue weighted by Crippen LogP contribution is 2.48. The van der Waals surface area contributed by atoms with Crippen molar-refractivity contribution >= 4 is 11.6 Å². The van der Waals surface area contributed by atoms with Gasteiger partial charge in [0.1, 0.15) is 0 Å². The highest BCUT2D eigenvalue weighted by Gasteiger charge is 2.40. The van der Waals surface area contributed by atoms with Crippen LogP contribution in [0.2, 0.25) is 5.02 Å². The molecule has 1 aliphatic carbocycles. The van der Waals surface area contributed by atoms with Gasteiger partial charge in [-0.25, -0.2) is 0 Å². The molecule has 0 spiro atoms. The summed E-state index contributed by atoms with van der Waals surface area (Å²) in [4.78, 5) is 0. The summed E-state index contributed by atoms with van der Waals surface area (Å²) in [5.41, 5.74) is 1.47. The van der Waals surface area contributed by atoms with Crippen molar-refractivity contribution < 1.29 is 0 Å². The summed E-state index contributed by atoms with van der Waals surface area (Å²) in [5.74, 6) is 0. The highest BCUT2D eigenvalue weighted by atomic mass is 35.5. The zero-order valence-electron chi connectivity index (χ0n) is 12.5. The monoisotopic (exact) mass is 283 g/mol. The number of hydrogen-bond donors (Lipinski definition) is 1. The molecule has 108 valence electrons. The Morgan fingerprint density at radius 1 is 1.42 bits per heavy atom. The third-order valence-electron chi connectivity index (χ3n) is 4.40. The van der Waals surface area contributed by atoms with Crippen LogP contribution in [0.3, 0.4) is 0 Å². The maximum absolute atomic E-state index is 6.44. The number of nitrogens with one attached hydrogen (secondary N) is 1. The first-order valence-electron chi connectivity index (χ1n) is 7.46. The lowest BCUT2D eigenvalue weighted by atomic mass is 9.78. The fourth-order valence-corrected chi connectivity index (χ4v) is 3.62. The third kappa shape index (κ3) is 2.82. The van der Waals surface area contributed by atoms with Crippen molar-refractivity contribution in [3.63, 3.8) is 0 Å². The fourth-order valence-electron chi connectivity index (χ4n) is 3.38. The lowest BCUT2D eigenvalue weighted by Crippen LogP contribution is -2.36. The van der Waals surface area contributed by atoms with Crippen molar-refractivity contribution in [2.75, 3.05) is 6.54 Å². The average molecular weight is 284 g/mol. The van der Waals surface area contributed by atoms with Gasteiger partial charge in [0.05, 0.1) is 23.0 Å². The third-order valence-corrected chi connectivity index (χ3v) is 4.69. The zero-order valence-corrected chi connectivity index (χ0v) is 13.3. The van der Waals surface area contributed by atoms with Gasteiger partial charge >= 0.3 is 0 Å². The summed E-state index contributed by atoms with van der Waals surface area (Å²) >= 11 is 6.44. The van der Waals surface area contributed by atoms with Crippen LogP contribution in [0.4, 0.5) is 0 Å². The fraction of sp³-hybridized carbons (Fsp3) is 0.800. The summed E-state index contributed by atoms with van der Waals surface area (Å²) < 4.78 is 2.08. The predicted octanol–water partition coefficient (Wildman–Crippen LogP) is 4.35. The maximum Gasteiger partial charge on any atom is 0.0834 e. The van der Waals surface area contributed by atoms with Crippen LogP contribution < -0.4 is 5.32 Å². The maximum atomic E-state index is 6.44. The van der Waals surface area contributed by atoms with E-state index in [2.05, 4.69) is 42.8 Å². The van der Waals surface area contributed by atoms with Crippen LogP contribution in [-0.4, -0.2) is 16.3 Å². The van der Waals surface area contributed by atoms with E-state index in [1.54, 1.807) is 6.20 Å². The van der Waals surface area contributed by atoms with Gasteiger partial charge in [-0.2, -0.15) is 5.10 Å². The number of aromatic nitrogens is 2. The number of nitrogens with zero attached hydrogens (tertiary/aromatic N) is 2. The quantitative estimate of drug-likeness (QED) is 0.871. The number of rotatable bonds is 5. The van der Waals surface area contributed by atoms with Gasteiger partial charge < -0.3 is 5.32 Å². The van der Waals surface area contributed by atoms with Gasteiger partial charge in [0.15, 0.2) is 0 Å². The van der Waals surface area contributed by atoms with Crippen LogP contribution in [0.1, 0.15) is 71.2 Å². The molecule has 0 radical (unpaired) electrons. The van der Waals surface area contributed by atoms with Crippen molar-refractivity contribution in [3.05, 3.63) is 16.9 Å². The van der Waals surface area contributed by atoms with E-state index < -0.39 is 0 Å². The summed E-state index contributed by atoms with van der Waals surface area (Å²) in [6.45, 7) is 9.83. The molecule has 0 aliphatic heterocycles. The summed E-state index contributed by atoms with van der Waals surface area (Å²) in [6.07, 6.45) is 6.98. The molecule has 2 rings (SSSR count). The molecule has 1 heterocycles. The molecule has 1 unspecified atom stereocenters. The van der Waals surface area contributed by atoms with E-state index in [1.165, 1.54) is 31.4 Å². The van der Waals surface area contributed by atoms with Crippen LogP contribution in [0.25, 0.3) is 0 Å². The van der Waals surface area contributed by atoms with Crippen molar-refractivity contribution in [2.24, 2.45) is 5.41 Å². The first-order chi connectivity index (χ1) is 8.99. The molecule has 1 aromatic rings. The molecule has 4 heteroatoms. The molecule has 1 aromatic heterocycles. The van der Waals surface area contributed by atoms with E-state index in [1.807, 2.05) is 0 Å². The summed E-state index contributed by atoms with van der Waals surface area (Å²) in [5, 5.41) is 8.92. The van der Waals surface area contributed by atoms with E-state index >= 15 is 0 Å². The largest absolute Gasteiger partial charge is 0.308 e. The Labute approximate surface area is 121 Å². The van der Waals surface area contributed by atoms with Crippen LogP contribution in [-0.2, 0) is 0 Å². The van der Waals surface area contributed by atoms with Crippen molar-refractivity contribution in [3.8, 4) is 0 Å². The minimum Gasteiger partial charge on any atom is -0.308 e. The molecule has 1 fully saturated rings. The highest BCUT2D eigenvalue weighted by molar-refractivity contribution is 6.31. The summed E-state index contributed by atoms with van der Waals surface area (Å²) in [7, 11) is 0. The number of hydrogen-bond acceptors (Lipinski definition) is 2. The minimum atomic E-state index is 0.298. The SMILES string of the molecule is CCNC(c1c(Cl)cnn1C(C)C)C1(C)CCCC1. The second-order valence-corrected chi connectivity index (χ2v) is 6.68. The van der Waals surface area contributed by atoms with Crippen molar-refractivity contribution in [2.45, 2.75) is 65.5 Å². The molecule has 19 heavy (non-hydrogen) atoms. The molecule has 1 saturated carbocycles. The lowest BCUT2D eigenvalue weighted by molar-refractivity contribution is 0.213. The molecule has 1 N–H and O–H groups in total. The van der Waals surface area contributed by atoms with Crippen LogP contribution in [0.5, 0.6) is 0 Å². The van der Waals surface area contributed by atoms with Crippen molar-refractivity contribution in [1.29, 1.82) is 0 Å². The smallest absolute Gasteiger partial charge is 0.0834 e. The number of halogens is 1. The Kier molecular flexibility index (Phi) is 4.57. The molecule has 3 nitrogen and oxygen atoms in total. The predicted molar refractivity (Wildman–Crippen MR) is 80.6 cm³/mol. The molecule has 0 amide bonds. The van der Waals surface area contributed by atoms with Crippen LogP contribution >= 0.6 is 11.6 Å². The molecule has 0 aromatic carbocycles. The Bertz CT molecular complexity index is 419. The minimum absolute atomic E-state index is 0.298. The van der Waals surface area contributed by atoms with Crippen molar-refractivity contribution in [1.82, 2.24) is 15.1 Å². The molecule has 1 atom stereocenters. The van der Waals surface area contributed by atoms with Gasteiger partial charge in [-0.3, -0.25) is 4.68 Å². The molecular weight excluding hydrogens is 258 g/mol. The zero-order chi connectivity index (χ0) is 14.0. The van der Waals surface area contributed by atoms with E-state index in [9.17, 15) is 0 Å². The molecule has 0 saturated heterocycles. The van der Waals surface area contributed by atoms with Gasteiger partial charge in [-0.05, 0) is 38.6 Å².